The fourth-order valence-corrected chi connectivity index (χ4v) is 2.92. The van der Waals surface area contributed by atoms with Crippen LogP contribution in [0.25, 0.3) is 11.1 Å². The average Bonchev–Trinajstić information content (AvgIpc) is 3.06. The zero-order chi connectivity index (χ0) is 17.8. The Balaban J connectivity index is 1.66. The van der Waals surface area contributed by atoms with E-state index < -0.39 is 6.10 Å². The number of likely N-dealkylation sites (tertiary alicyclic amines) is 1. The number of benzene rings is 2. The zero-order valence-corrected chi connectivity index (χ0v) is 14.4. The minimum Gasteiger partial charge on any atom is -0.491 e. The molecule has 1 aliphatic heterocycles. The largest absolute Gasteiger partial charge is 0.491 e. The highest BCUT2D eigenvalue weighted by molar-refractivity contribution is 5.95. The standard InChI is InChI=1S/C20H24N2O3/c1-14(23)13-25-19-8-6-16(7-9-19)15-2-4-17(5-3-15)20(24)22-11-10-18(21)12-22/h2-9,14,18,23H,10-13,21H2,1H3/t14?,18-/m0/s1. The maximum atomic E-state index is 12.4. The molecule has 132 valence electrons. The van der Waals surface area contributed by atoms with Crippen molar-refractivity contribution in [2.45, 2.75) is 25.5 Å². The van der Waals surface area contributed by atoms with Crippen LogP contribution in [0.15, 0.2) is 48.5 Å². The Morgan fingerprint density at radius 1 is 1.20 bits per heavy atom. The van der Waals surface area contributed by atoms with E-state index in [2.05, 4.69) is 0 Å². The van der Waals surface area contributed by atoms with E-state index in [1.807, 2.05) is 53.4 Å². The van der Waals surface area contributed by atoms with Gasteiger partial charge in [-0.15, -0.1) is 0 Å². The molecule has 0 bridgehead atoms. The molecule has 0 saturated carbocycles. The lowest BCUT2D eigenvalue weighted by molar-refractivity contribution is 0.0791. The Labute approximate surface area is 148 Å². The second-order valence-corrected chi connectivity index (χ2v) is 6.56. The van der Waals surface area contributed by atoms with Crippen LogP contribution in [0.4, 0.5) is 0 Å². The minimum atomic E-state index is -0.491. The van der Waals surface area contributed by atoms with Crippen LogP contribution in [0.1, 0.15) is 23.7 Å². The van der Waals surface area contributed by atoms with Gasteiger partial charge in [0, 0.05) is 24.7 Å². The minimum absolute atomic E-state index is 0.0429. The molecule has 2 atom stereocenters. The van der Waals surface area contributed by atoms with Crippen molar-refractivity contribution in [3.8, 4) is 16.9 Å². The smallest absolute Gasteiger partial charge is 0.253 e. The summed E-state index contributed by atoms with van der Waals surface area (Å²) < 4.78 is 5.46. The average molecular weight is 340 g/mol. The van der Waals surface area contributed by atoms with Crippen LogP contribution in [-0.4, -0.2) is 47.8 Å². The third-order valence-electron chi connectivity index (χ3n) is 4.32. The van der Waals surface area contributed by atoms with Crippen LogP contribution in [0.2, 0.25) is 0 Å². The first-order chi connectivity index (χ1) is 12.0. The number of nitrogens with two attached hydrogens (primary N) is 1. The lowest BCUT2D eigenvalue weighted by Crippen LogP contribution is -2.31. The van der Waals surface area contributed by atoms with Crippen molar-refractivity contribution in [1.29, 1.82) is 0 Å². The number of aliphatic hydroxyl groups is 1. The first kappa shape index (κ1) is 17.5. The number of hydrogen-bond donors (Lipinski definition) is 2. The van der Waals surface area contributed by atoms with Crippen molar-refractivity contribution in [3.63, 3.8) is 0 Å². The molecule has 0 aliphatic carbocycles. The SMILES string of the molecule is CC(O)COc1ccc(-c2ccc(C(=O)N3CC[C@H](N)C3)cc2)cc1. The van der Waals surface area contributed by atoms with E-state index in [-0.39, 0.29) is 18.6 Å². The number of ether oxygens (including phenoxy) is 1. The predicted molar refractivity (Wildman–Crippen MR) is 97.5 cm³/mol. The Morgan fingerprint density at radius 2 is 1.80 bits per heavy atom. The highest BCUT2D eigenvalue weighted by atomic mass is 16.5. The normalized spacial score (nSPS) is 18.2. The Kier molecular flexibility index (Phi) is 5.36. The third-order valence-corrected chi connectivity index (χ3v) is 4.32. The van der Waals surface area contributed by atoms with Gasteiger partial charge in [0.2, 0.25) is 0 Å². The molecule has 5 nitrogen and oxygen atoms in total. The zero-order valence-electron chi connectivity index (χ0n) is 14.4. The van der Waals surface area contributed by atoms with Gasteiger partial charge >= 0.3 is 0 Å². The number of nitrogens with zero attached hydrogens (tertiary/aromatic N) is 1. The lowest BCUT2D eigenvalue weighted by Gasteiger charge is -2.16. The topological polar surface area (TPSA) is 75.8 Å². The molecule has 1 saturated heterocycles. The van der Waals surface area contributed by atoms with Gasteiger partial charge in [-0.05, 0) is 48.7 Å². The number of carbonyl (C=O) groups excluding carboxylic acids is 1. The van der Waals surface area contributed by atoms with E-state index in [1.54, 1.807) is 6.92 Å². The second kappa shape index (κ2) is 7.68. The molecule has 1 heterocycles. The monoisotopic (exact) mass is 340 g/mol. The Bertz CT molecular complexity index is 711. The number of rotatable bonds is 5. The predicted octanol–water partition coefficient (Wildman–Crippen LogP) is 2.29. The van der Waals surface area contributed by atoms with Crippen LogP contribution >= 0.6 is 0 Å². The maximum absolute atomic E-state index is 12.4. The molecule has 3 rings (SSSR count). The fourth-order valence-electron chi connectivity index (χ4n) is 2.92. The molecule has 2 aromatic rings. The molecule has 1 unspecified atom stereocenters. The van der Waals surface area contributed by atoms with Crippen molar-refractivity contribution in [1.82, 2.24) is 4.90 Å². The summed E-state index contributed by atoms with van der Waals surface area (Å²) >= 11 is 0. The summed E-state index contributed by atoms with van der Waals surface area (Å²) in [5.41, 5.74) is 8.65. The number of carbonyl (C=O) groups is 1. The number of amides is 1. The molecule has 1 aliphatic rings. The van der Waals surface area contributed by atoms with Gasteiger partial charge < -0.3 is 20.5 Å². The number of aliphatic hydroxyl groups excluding tert-OH is 1. The van der Waals surface area contributed by atoms with Crippen molar-refractivity contribution in [2.24, 2.45) is 5.73 Å². The van der Waals surface area contributed by atoms with Crippen LogP contribution in [0.5, 0.6) is 5.75 Å². The Hall–Kier alpha value is -2.37. The Morgan fingerprint density at radius 3 is 2.32 bits per heavy atom. The highest BCUT2D eigenvalue weighted by Crippen LogP contribution is 2.23. The molecule has 5 heteroatoms. The van der Waals surface area contributed by atoms with E-state index in [0.29, 0.717) is 12.1 Å². The summed E-state index contributed by atoms with van der Waals surface area (Å²) in [5, 5.41) is 9.25. The molecular weight excluding hydrogens is 316 g/mol. The first-order valence-electron chi connectivity index (χ1n) is 8.59. The summed E-state index contributed by atoms with van der Waals surface area (Å²) in [7, 11) is 0. The van der Waals surface area contributed by atoms with E-state index in [0.717, 1.165) is 29.8 Å². The fraction of sp³-hybridized carbons (Fsp3) is 0.350. The molecule has 0 aromatic heterocycles. The lowest BCUT2D eigenvalue weighted by atomic mass is 10.0. The van der Waals surface area contributed by atoms with E-state index in [9.17, 15) is 9.90 Å². The van der Waals surface area contributed by atoms with E-state index >= 15 is 0 Å². The summed E-state index contributed by atoms with van der Waals surface area (Å²) in [6.45, 7) is 3.33. The van der Waals surface area contributed by atoms with Gasteiger partial charge in [0.15, 0.2) is 0 Å². The van der Waals surface area contributed by atoms with Crippen molar-refractivity contribution in [3.05, 3.63) is 54.1 Å². The van der Waals surface area contributed by atoms with E-state index in [4.69, 9.17) is 10.5 Å². The van der Waals surface area contributed by atoms with Crippen molar-refractivity contribution >= 4 is 5.91 Å². The molecular formula is C20H24N2O3. The maximum Gasteiger partial charge on any atom is 0.253 e. The molecule has 1 fully saturated rings. The molecule has 0 spiro atoms. The molecule has 25 heavy (non-hydrogen) atoms. The first-order valence-corrected chi connectivity index (χ1v) is 8.59. The second-order valence-electron chi connectivity index (χ2n) is 6.56. The van der Waals surface area contributed by atoms with Gasteiger partial charge in [-0.1, -0.05) is 24.3 Å². The summed E-state index contributed by atoms with van der Waals surface area (Å²) in [6.07, 6.45) is 0.378. The van der Waals surface area contributed by atoms with Gasteiger partial charge in [-0.25, -0.2) is 0 Å². The van der Waals surface area contributed by atoms with Crippen LogP contribution in [0.3, 0.4) is 0 Å². The van der Waals surface area contributed by atoms with E-state index in [1.165, 1.54) is 0 Å². The molecule has 0 radical (unpaired) electrons. The quantitative estimate of drug-likeness (QED) is 0.876. The van der Waals surface area contributed by atoms with Gasteiger partial charge in [-0.2, -0.15) is 0 Å². The number of hydrogen-bond acceptors (Lipinski definition) is 4. The van der Waals surface area contributed by atoms with Gasteiger partial charge in [-0.3, -0.25) is 4.79 Å². The van der Waals surface area contributed by atoms with Crippen LogP contribution in [0, 0.1) is 0 Å². The van der Waals surface area contributed by atoms with Crippen molar-refractivity contribution in [2.75, 3.05) is 19.7 Å². The molecule has 3 N–H and O–H groups in total. The van der Waals surface area contributed by atoms with Crippen LogP contribution < -0.4 is 10.5 Å². The molecule has 2 aromatic carbocycles. The highest BCUT2D eigenvalue weighted by Gasteiger charge is 2.24. The summed E-state index contributed by atoms with van der Waals surface area (Å²) in [6, 6.07) is 15.4. The van der Waals surface area contributed by atoms with Crippen LogP contribution in [-0.2, 0) is 0 Å². The van der Waals surface area contributed by atoms with Gasteiger partial charge in [0.1, 0.15) is 12.4 Å². The van der Waals surface area contributed by atoms with Crippen molar-refractivity contribution < 1.29 is 14.6 Å². The summed E-state index contributed by atoms with van der Waals surface area (Å²) in [5.74, 6) is 0.767. The summed E-state index contributed by atoms with van der Waals surface area (Å²) in [4.78, 5) is 14.3. The molecule has 1 amide bonds. The van der Waals surface area contributed by atoms with Gasteiger partial charge in [0.25, 0.3) is 5.91 Å². The third kappa shape index (κ3) is 4.38. The van der Waals surface area contributed by atoms with Gasteiger partial charge in [0.05, 0.1) is 6.10 Å².